The molecule has 7 nitrogen and oxygen atoms in total. The van der Waals surface area contributed by atoms with Crippen molar-refractivity contribution in [3.05, 3.63) is 66.1 Å². The predicted octanol–water partition coefficient (Wildman–Crippen LogP) is 3.08. The van der Waals surface area contributed by atoms with Gasteiger partial charge in [-0.2, -0.15) is 4.98 Å². The molecule has 0 saturated carbocycles. The van der Waals surface area contributed by atoms with Crippen LogP contribution < -0.4 is 0 Å². The lowest BCUT2D eigenvalue weighted by Crippen LogP contribution is -1.89. The number of aromatic nitrogens is 5. The summed E-state index contributed by atoms with van der Waals surface area (Å²) >= 11 is 0. The first-order valence-corrected chi connectivity index (χ1v) is 7.40. The van der Waals surface area contributed by atoms with Gasteiger partial charge in [-0.15, -0.1) is 10.2 Å². The largest absolute Gasteiger partial charge is 0.420 e. The van der Waals surface area contributed by atoms with Crippen molar-refractivity contribution in [2.45, 2.75) is 13.3 Å². The van der Waals surface area contributed by atoms with Crippen LogP contribution in [0.2, 0.25) is 0 Å². The van der Waals surface area contributed by atoms with Crippen LogP contribution in [-0.2, 0) is 6.42 Å². The fourth-order valence-electron chi connectivity index (χ4n) is 2.29. The van der Waals surface area contributed by atoms with Crippen molar-refractivity contribution in [3.63, 3.8) is 0 Å². The van der Waals surface area contributed by atoms with Crippen molar-refractivity contribution in [1.29, 1.82) is 0 Å². The van der Waals surface area contributed by atoms with Crippen LogP contribution in [0, 0.1) is 6.92 Å². The molecule has 0 amide bonds. The summed E-state index contributed by atoms with van der Waals surface area (Å²) in [7, 11) is 0. The summed E-state index contributed by atoms with van der Waals surface area (Å²) in [6.45, 7) is 2.01. The standard InChI is InChI=1S/C17H13N5O2/c1-11-4-2-5-12(8-11)17-21-20-15(23-17)9-14-19-16(22-24-14)13-6-3-7-18-10-13/h2-8,10H,9H2,1H3. The van der Waals surface area contributed by atoms with Gasteiger partial charge in [0, 0.05) is 23.5 Å². The lowest BCUT2D eigenvalue weighted by Gasteiger charge is -1.95. The van der Waals surface area contributed by atoms with Gasteiger partial charge in [0.05, 0.1) is 0 Å². The van der Waals surface area contributed by atoms with Crippen molar-refractivity contribution in [2.24, 2.45) is 0 Å². The van der Waals surface area contributed by atoms with Crippen LogP contribution in [0.3, 0.4) is 0 Å². The summed E-state index contributed by atoms with van der Waals surface area (Å²) < 4.78 is 10.9. The second-order valence-electron chi connectivity index (χ2n) is 5.30. The lowest BCUT2D eigenvalue weighted by molar-refractivity contribution is 0.374. The Hall–Kier alpha value is -3.35. The molecule has 0 N–H and O–H groups in total. The quantitative estimate of drug-likeness (QED) is 0.571. The Morgan fingerprint density at radius 1 is 1.00 bits per heavy atom. The molecule has 1 aromatic carbocycles. The van der Waals surface area contributed by atoms with E-state index < -0.39 is 0 Å². The van der Waals surface area contributed by atoms with Gasteiger partial charge in [0.1, 0.15) is 6.42 Å². The molecule has 0 spiro atoms. The molecule has 0 aliphatic rings. The van der Waals surface area contributed by atoms with Gasteiger partial charge in [0.25, 0.3) is 0 Å². The van der Waals surface area contributed by atoms with E-state index in [1.165, 1.54) is 0 Å². The molecular formula is C17H13N5O2. The molecule has 4 aromatic rings. The van der Waals surface area contributed by atoms with Crippen molar-refractivity contribution >= 4 is 0 Å². The van der Waals surface area contributed by atoms with E-state index in [9.17, 15) is 0 Å². The molecular weight excluding hydrogens is 306 g/mol. The van der Waals surface area contributed by atoms with E-state index >= 15 is 0 Å². The average molecular weight is 319 g/mol. The van der Waals surface area contributed by atoms with E-state index in [2.05, 4.69) is 25.3 Å². The molecule has 0 aliphatic carbocycles. The number of pyridine rings is 1. The Kier molecular flexibility index (Phi) is 3.59. The monoisotopic (exact) mass is 319 g/mol. The van der Waals surface area contributed by atoms with Gasteiger partial charge in [0.15, 0.2) is 0 Å². The Morgan fingerprint density at radius 2 is 1.92 bits per heavy atom. The van der Waals surface area contributed by atoms with Crippen LogP contribution in [0.25, 0.3) is 22.8 Å². The zero-order chi connectivity index (χ0) is 16.4. The SMILES string of the molecule is Cc1cccc(-c2nnc(Cc3nc(-c4cccnc4)no3)o2)c1. The van der Waals surface area contributed by atoms with Crippen LogP contribution in [0.1, 0.15) is 17.3 Å². The Balaban J connectivity index is 1.54. The number of rotatable bonds is 4. The first kappa shape index (κ1) is 14.3. The normalized spacial score (nSPS) is 10.9. The maximum Gasteiger partial charge on any atom is 0.247 e. The van der Waals surface area contributed by atoms with Gasteiger partial charge < -0.3 is 8.94 Å². The summed E-state index contributed by atoms with van der Waals surface area (Å²) in [4.78, 5) is 8.36. The third-order valence-corrected chi connectivity index (χ3v) is 3.42. The molecule has 0 bridgehead atoms. The van der Waals surface area contributed by atoms with Crippen molar-refractivity contribution in [1.82, 2.24) is 25.3 Å². The minimum Gasteiger partial charge on any atom is -0.420 e. The van der Waals surface area contributed by atoms with E-state index in [1.807, 2.05) is 43.3 Å². The molecule has 4 rings (SSSR count). The zero-order valence-electron chi connectivity index (χ0n) is 12.9. The van der Waals surface area contributed by atoms with Gasteiger partial charge in [-0.05, 0) is 31.2 Å². The molecule has 3 aromatic heterocycles. The fraction of sp³-hybridized carbons (Fsp3) is 0.118. The van der Waals surface area contributed by atoms with Gasteiger partial charge in [-0.1, -0.05) is 22.9 Å². The molecule has 7 heteroatoms. The van der Waals surface area contributed by atoms with Crippen molar-refractivity contribution < 1.29 is 8.94 Å². The second kappa shape index (κ2) is 6.04. The molecule has 0 atom stereocenters. The maximum atomic E-state index is 5.68. The fourth-order valence-corrected chi connectivity index (χ4v) is 2.29. The summed E-state index contributed by atoms with van der Waals surface area (Å²) in [5.41, 5.74) is 2.80. The van der Waals surface area contributed by atoms with Crippen LogP contribution in [0.15, 0.2) is 57.7 Å². The highest BCUT2D eigenvalue weighted by molar-refractivity contribution is 5.54. The van der Waals surface area contributed by atoms with Crippen LogP contribution in [0.4, 0.5) is 0 Å². The highest BCUT2D eigenvalue weighted by atomic mass is 16.5. The van der Waals surface area contributed by atoms with Crippen LogP contribution in [-0.4, -0.2) is 25.3 Å². The van der Waals surface area contributed by atoms with E-state index in [0.29, 0.717) is 23.5 Å². The zero-order valence-corrected chi connectivity index (χ0v) is 12.9. The molecule has 0 radical (unpaired) electrons. The molecule has 24 heavy (non-hydrogen) atoms. The van der Waals surface area contributed by atoms with E-state index in [1.54, 1.807) is 12.4 Å². The second-order valence-corrected chi connectivity index (χ2v) is 5.30. The number of nitrogens with zero attached hydrogens (tertiary/aromatic N) is 5. The van der Waals surface area contributed by atoms with Crippen molar-refractivity contribution in [2.75, 3.05) is 0 Å². The van der Waals surface area contributed by atoms with E-state index in [4.69, 9.17) is 8.94 Å². The average Bonchev–Trinajstić information content (AvgIpc) is 3.26. The third-order valence-electron chi connectivity index (χ3n) is 3.42. The Morgan fingerprint density at radius 3 is 2.75 bits per heavy atom. The number of benzene rings is 1. The number of hydrogen-bond donors (Lipinski definition) is 0. The van der Waals surface area contributed by atoms with Gasteiger partial charge in [-0.25, -0.2) is 0 Å². The minimum absolute atomic E-state index is 0.284. The first-order chi connectivity index (χ1) is 11.8. The topological polar surface area (TPSA) is 90.7 Å². The summed E-state index contributed by atoms with van der Waals surface area (Å²) in [5, 5.41) is 12.1. The van der Waals surface area contributed by atoms with Crippen LogP contribution in [0.5, 0.6) is 0 Å². The molecule has 0 unspecified atom stereocenters. The molecule has 0 fully saturated rings. The summed E-state index contributed by atoms with van der Waals surface area (Å²) in [6, 6.07) is 11.6. The molecule has 3 heterocycles. The highest BCUT2D eigenvalue weighted by Gasteiger charge is 2.14. The smallest absolute Gasteiger partial charge is 0.247 e. The summed E-state index contributed by atoms with van der Waals surface area (Å²) in [6.07, 6.45) is 3.65. The lowest BCUT2D eigenvalue weighted by atomic mass is 10.1. The van der Waals surface area contributed by atoms with Gasteiger partial charge in [-0.3, -0.25) is 4.98 Å². The maximum absolute atomic E-state index is 5.68. The molecule has 0 saturated heterocycles. The van der Waals surface area contributed by atoms with Gasteiger partial charge >= 0.3 is 0 Å². The van der Waals surface area contributed by atoms with Crippen molar-refractivity contribution in [3.8, 4) is 22.8 Å². The Bertz CT molecular complexity index is 962. The Labute approximate surface area is 137 Å². The van der Waals surface area contributed by atoms with E-state index in [0.717, 1.165) is 16.7 Å². The van der Waals surface area contributed by atoms with Crippen LogP contribution >= 0.6 is 0 Å². The third kappa shape index (κ3) is 2.91. The van der Waals surface area contributed by atoms with Gasteiger partial charge in [0.2, 0.25) is 23.5 Å². The number of hydrogen-bond acceptors (Lipinski definition) is 7. The summed E-state index contributed by atoms with van der Waals surface area (Å²) in [5.74, 6) is 1.79. The first-order valence-electron chi connectivity index (χ1n) is 7.40. The molecule has 0 aliphatic heterocycles. The highest BCUT2D eigenvalue weighted by Crippen LogP contribution is 2.20. The predicted molar refractivity (Wildman–Crippen MR) is 84.8 cm³/mol. The van der Waals surface area contributed by atoms with E-state index in [-0.39, 0.29) is 6.42 Å². The number of aryl methyl sites for hydroxylation is 1. The molecule has 118 valence electrons. The minimum atomic E-state index is 0.284.